The molecule has 2 aliphatic rings. The smallest absolute Gasteiger partial charge is 0.219 e. The van der Waals surface area contributed by atoms with Gasteiger partial charge in [-0.2, -0.15) is 0 Å². The first-order valence-electron chi connectivity index (χ1n) is 11.0. The van der Waals surface area contributed by atoms with Crippen LogP contribution in [0.25, 0.3) is 0 Å². The van der Waals surface area contributed by atoms with Crippen LogP contribution >= 0.6 is 11.6 Å². The van der Waals surface area contributed by atoms with Crippen LogP contribution in [0.2, 0.25) is 5.02 Å². The summed E-state index contributed by atoms with van der Waals surface area (Å²) in [5, 5.41) is 0.745. The maximum atomic E-state index is 11.9. The number of benzene rings is 2. The number of rotatable bonds is 5. The van der Waals surface area contributed by atoms with E-state index >= 15 is 0 Å². The SMILES string of the molecule is CC(=O)N1CC[C@@H]2[C@H](CCCCN2Cc2cc(Cl)ccc2OCc2ccccc2)C1. The molecule has 30 heavy (non-hydrogen) atoms. The number of halogens is 1. The Balaban J connectivity index is 1.49. The van der Waals surface area contributed by atoms with E-state index in [1.807, 2.05) is 41.3 Å². The quantitative estimate of drug-likeness (QED) is 0.663. The summed E-state index contributed by atoms with van der Waals surface area (Å²) in [7, 11) is 0. The van der Waals surface area contributed by atoms with Gasteiger partial charge in [-0.1, -0.05) is 48.4 Å². The molecule has 2 aromatic rings. The lowest BCUT2D eigenvalue weighted by Gasteiger charge is -2.42. The van der Waals surface area contributed by atoms with Crippen molar-refractivity contribution in [3.05, 3.63) is 64.7 Å². The Labute approximate surface area is 184 Å². The van der Waals surface area contributed by atoms with Gasteiger partial charge < -0.3 is 9.64 Å². The molecule has 0 aliphatic carbocycles. The van der Waals surface area contributed by atoms with E-state index in [-0.39, 0.29) is 5.91 Å². The molecule has 0 unspecified atom stereocenters. The fourth-order valence-corrected chi connectivity index (χ4v) is 5.12. The standard InChI is InChI=1S/C25H31ClN2O2/c1-19(29)27-14-12-24-21(16-27)9-5-6-13-28(24)17-22-15-23(26)10-11-25(22)30-18-20-7-3-2-4-8-20/h2-4,7-8,10-11,15,21,24H,5-6,9,12-14,16-18H2,1H3/t21-,24-/m1/s1. The topological polar surface area (TPSA) is 32.8 Å². The molecule has 160 valence electrons. The summed E-state index contributed by atoms with van der Waals surface area (Å²) in [5.74, 6) is 1.67. The molecule has 2 aromatic carbocycles. The van der Waals surface area contributed by atoms with Crippen LogP contribution in [-0.2, 0) is 17.9 Å². The van der Waals surface area contributed by atoms with Gasteiger partial charge >= 0.3 is 0 Å². The molecular formula is C25H31ClN2O2. The number of amides is 1. The number of hydrogen-bond acceptors (Lipinski definition) is 3. The summed E-state index contributed by atoms with van der Waals surface area (Å²) in [4.78, 5) is 16.5. The minimum Gasteiger partial charge on any atom is -0.489 e. The van der Waals surface area contributed by atoms with Crippen molar-refractivity contribution in [1.82, 2.24) is 9.80 Å². The zero-order valence-electron chi connectivity index (χ0n) is 17.7. The van der Waals surface area contributed by atoms with E-state index in [0.717, 1.165) is 54.5 Å². The van der Waals surface area contributed by atoms with Crippen molar-refractivity contribution < 1.29 is 9.53 Å². The van der Waals surface area contributed by atoms with Crippen molar-refractivity contribution in [1.29, 1.82) is 0 Å². The lowest BCUT2D eigenvalue weighted by molar-refractivity contribution is -0.131. The molecule has 4 rings (SSSR count). The van der Waals surface area contributed by atoms with Crippen LogP contribution in [0.4, 0.5) is 0 Å². The van der Waals surface area contributed by atoms with Crippen molar-refractivity contribution >= 4 is 17.5 Å². The molecule has 5 heteroatoms. The largest absolute Gasteiger partial charge is 0.489 e. The van der Waals surface area contributed by atoms with Gasteiger partial charge in [0, 0.05) is 43.2 Å². The number of carbonyl (C=O) groups is 1. The summed E-state index contributed by atoms with van der Waals surface area (Å²) in [6, 6.07) is 16.7. The number of carbonyl (C=O) groups excluding carboxylic acids is 1. The first-order chi connectivity index (χ1) is 14.6. The number of hydrogen-bond donors (Lipinski definition) is 0. The molecule has 4 nitrogen and oxygen atoms in total. The van der Waals surface area contributed by atoms with Crippen LogP contribution < -0.4 is 4.74 Å². The molecule has 0 radical (unpaired) electrons. The monoisotopic (exact) mass is 426 g/mol. The number of fused-ring (bicyclic) bond motifs is 1. The molecule has 2 fully saturated rings. The summed E-state index contributed by atoms with van der Waals surface area (Å²) >= 11 is 6.36. The number of nitrogens with zero attached hydrogens (tertiary/aromatic N) is 2. The van der Waals surface area contributed by atoms with E-state index in [1.54, 1.807) is 6.92 Å². The van der Waals surface area contributed by atoms with Gasteiger partial charge in [0.2, 0.25) is 5.91 Å². The van der Waals surface area contributed by atoms with Crippen molar-refractivity contribution in [2.24, 2.45) is 5.92 Å². The summed E-state index contributed by atoms with van der Waals surface area (Å²) < 4.78 is 6.20. The lowest BCUT2D eigenvalue weighted by atomic mass is 9.88. The minimum atomic E-state index is 0.204. The highest BCUT2D eigenvalue weighted by Gasteiger charge is 2.35. The number of likely N-dealkylation sites (tertiary alicyclic amines) is 2. The maximum absolute atomic E-state index is 11.9. The summed E-state index contributed by atoms with van der Waals surface area (Å²) in [5.41, 5.74) is 2.30. The van der Waals surface area contributed by atoms with Gasteiger partial charge in [-0.3, -0.25) is 9.69 Å². The molecule has 2 saturated heterocycles. The van der Waals surface area contributed by atoms with Gasteiger partial charge in [-0.15, -0.1) is 0 Å². The molecule has 0 N–H and O–H groups in total. The zero-order valence-corrected chi connectivity index (χ0v) is 18.5. The van der Waals surface area contributed by atoms with Gasteiger partial charge in [0.25, 0.3) is 0 Å². The zero-order chi connectivity index (χ0) is 20.9. The number of piperidine rings is 1. The van der Waals surface area contributed by atoms with Gasteiger partial charge in [0.05, 0.1) is 0 Å². The molecule has 0 saturated carbocycles. The van der Waals surface area contributed by atoms with Crippen LogP contribution in [0.1, 0.15) is 43.7 Å². The van der Waals surface area contributed by atoms with Gasteiger partial charge in [0.1, 0.15) is 12.4 Å². The van der Waals surface area contributed by atoms with Crippen LogP contribution in [-0.4, -0.2) is 41.4 Å². The Kier molecular flexibility index (Phi) is 6.96. The summed E-state index contributed by atoms with van der Waals surface area (Å²) in [6.45, 7) is 5.92. The third kappa shape index (κ3) is 5.16. The Hall–Kier alpha value is -2.04. The van der Waals surface area contributed by atoms with E-state index < -0.39 is 0 Å². The van der Waals surface area contributed by atoms with Crippen LogP contribution in [0.5, 0.6) is 5.75 Å². The van der Waals surface area contributed by atoms with E-state index in [4.69, 9.17) is 16.3 Å². The highest BCUT2D eigenvalue weighted by molar-refractivity contribution is 6.30. The van der Waals surface area contributed by atoms with Crippen LogP contribution in [0.3, 0.4) is 0 Å². The van der Waals surface area contributed by atoms with Crippen LogP contribution in [0, 0.1) is 5.92 Å². The average molecular weight is 427 g/mol. The molecule has 2 heterocycles. The first kappa shape index (κ1) is 21.2. The van der Waals surface area contributed by atoms with Gasteiger partial charge in [-0.05, 0) is 55.5 Å². The maximum Gasteiger partial charge on any atom is 0.219 e. The molecular weight excluding hydrogens is 396 g/mol. The molecule has 0 spiro atoms. The second-order valence-electron chi connectivity index (χ2n) is 8.57. The molecule has 0 bridgehead atoms. The van der Waals surface area contributed by atoms with Crippen molar-refractivity contribution in [2.75, 3.05) is 19.6 Å². The molecule has 1 amide bonds. The number of ether oxygens (including phenoxy) is 1. The second kappa shape index (κ2) is 9.84. The predicted octanol–water partition coefficient (Wildman–Crippen LogP) is 5.14. The van der Waals surface area contributed by atoms with E-state index in [1.165, 1.54) is 19.3 Å². The highest BCUT2D eigenvalue weighted by atomic mass is 35.5. The first-order valence-corrected chi connectivity index (χ1v) is 11.4. The van der Waals surface area contributed by atoms with Crippen molar-refractivity contribution in [3.63, 3.8) is 0 Å². The normalized spacial score (nSPS) is 22.3. The Morgan fingerprint density at radius 1 is 1.10 bits per heavy atom. The summed E-state index contributed by atoms with van der Waals surface area (Å²) in [6.07, 6.45) is 4.69. The minimum absolute atomic E-state index is 0.204. The van der Waals surface area contributed by atoms with Crippen molar-refractivity contribution in [3.8, 4) is 5.75 Å². The molecule has 2 atom stereocenters. The van der Waals surface area contributed by atoms with E-state index in [9.17, 15) is 4.79 Å². The highest BCUT2D eigenvalue weighted by Crippen LogP contribution is 2.33. The third-order valence-electron chi connectivity index (χ3n) is 6.51. The fourth-order valence-electron chi connectivity index (χ4n) is 4.92. The third-order valence-corrected chi connectivity index (χ3v) is 6.75. The second-order valence-corrected chi connectivity index (χ2v) is 9.01. The average Bonchev–Trinajstić information content (AvgIpc) is 2.95. The lowest BCUT2D eigenvalue weighted by Crippen LogP contribution is -2.51. The Morgan fingerprint density at radius 3 is 2.73 bits per heavy atom. The molecule has 0 aromatic heterocycles. The fraction of sp³-hybridized carbons (Fsp3) is 0.480. The predicted molar refractivity (Wildman–Crippen MR) is 121 cm³/mol. The van der Waals surface area contributed by atoms with Gasteiger partial charge in [0.15, 0.2) is 0 Å². The van der Waals surface area contributed by atoms with Crippen LogP contribution in [0.15, 0.2) is 48.5 Å². The van der Waals surface area contributed by atoms with Crippen molar-refractivity contribution in [2.45, 2.75) is 51.8 Å². The van der Waals surface area contributed by atoms with Gasteiger partial charge in [-0.25, -0.2) is 0 Å². The van der Waals surface area contributed by atoms with E-state index in [0.29, 0.717) is 18.6 Å². The Bertz CT molecular complexity index is 857. The Morgan fingerprint density at radius 2 is 1.93 bits per heavy atom. The van der Waals surface area contributed by atoms with E-state index in [2.05, 4.69) is 17.0 Å². The molecule has 2 aliphatic heterocycles.